The summed E-state index contributed by atoms with van der Waals surface area (Å²) in [4.78, 5) is 12.4. The van der Waals surface area contributed by atoms with E-state index in [4.69, 9.17) is 15.3 Å². The van der Waals surface area contributed by atoms with Gasteiger partial charge in [0.25, 0.3) is 0 Å². The molecule has 0 saturated heterocycles. The Labute approximate surface area is 98.1 Å². The minimum absolute atomic E-state index is 0.0116. The third-order valence-corrected chi connectivity index (χ3v) is 2.24. The summed E-state index contributed by atoms with van der Waals surface area (Å²) in [5.41, 5.74) is -0.0964. The Kier molecular flexibility index (Phi) is 5.53. The predicted octanol–water partition coefficient (Wildman–Crippen LogP) is -1.74. The van der Waals surface area contributed by atoms with Crippen molar-refractivity contribution in [1.29, 1.82) is 0 Å². The van der Waals surface area contributed by atoms with E-state index < -0.39 is 5.97 Å². The fourth-order valence-electron chi connectivity index (χ4n) is 1.37. The molecular formula is C9H16N4O4. The zero-order valence-electron chi connectivity index (χ0n) is 9.36. The molecule has 0 aliphatic carbocycles. The number of aromatic carboxylic acids is 1. The lowest BCUT2D eigenvalue weighted by molar-refractivity contribution is 0.0690. The topological polar surface area (TPSA) is 112 Å². The number of rotatable bonds is 8. The van der Waals surface area contributed by atoms with Gasteiger partial charge in [0.05, 0.1) is 26.0 Å². The summed E-state index contributed by atoms with van der Waals surface area (Å²) in [6, 6.07) is 0. The first-order chi connectivity index (χ1) is 8.17. The molecule has 8 heteroatoms. The minimum Gasteiger partial charge on any atom is -0.476 e. The molecule has 0 aliphatic heterocycles. The van der Waals surface area contributed by atoms with Crippen LogP contribution in [0.15, 0.2) is 6.20 Å². The number of aliphatic hydroxyl groups excluding tert-OH is 2. The van der Waals surface area contributed by atoms with Gasteiger partial charge >= 0.3 is 5.97 Å². The molecule has 0 atom stereocenters. The van der Waals surface area contributed by atoms with E-state index in [-0.39, 0.29) is 18.9 Å². The molecule has 0 bridgehead atoms. The molecule has 0 radical (unpaired) electrons. The number of aliphatic hydroxyl groups is 2. The number of hydrogen-bond acceptors (Lipinski definition) is 6. The number of nitrogens with zero attached hydrogens (tertiary/aromatic N) is 4. The number of carboxylic acid groups (broad SMARTS) is 1. The van der Waals surface area contributed by atoms with Crippen molar-refractivity contribution in [2.45, 2.75) is 6.54 Å². The molecule has 0 aliphatic rings. The zero-order valence-corrected chi connectivity index (χ0v) is 9.36. The van der Waals surface area contributed by atoms with E-state index in [0.717, 1.165) is 0 Å². The van der Waals surface area contributed by atoms with Gasteiger partial charge in [-0.05, 0) is 0 Å². The van der Waals surface area contributed by atoms with Crippen LogP contribution in [0.3, 0.4) is 0 Å². The van der Waals surface area contributed by atoms with Crippen LogP contribution in [0.1, 0.15) is 10.5 Å². The first-order valence-corrected chi connectivity index (χ1v) is 5.25. The fourth-order valence-corrected chi connectivity index (χ4v) is 1.37. The standard InChI is InChI=1S/C9H16N4O4/c14-5-3-12(4-6-15)1-2-13-7-8(9(16)17)10-11-13/h7,14-15H,1-6H2,(H,16,17). The Bertz CT molecular complexity index is 349. The number of hydrogen-bond donors (Lipinski definition) is 3. The van der Waals surface area contributed by atoms with Gasteiger partial charge in [0, 0.05) is 19.6 Å². The fraction of sp³-hybridized carbons (Fsp3) is 0.667. The van der Waals surface area contributed by atoms with Crippen molar-refractivity contribution in [2.24, 2.45) is 0 Å². The number of carbonyl (C=O) groups is 1. The van der Waals surface area contributed by atoms with Gasteiger partial charge < -0.3 is 15.3 Å². The first-order valence-electron chi connectivity index (χ1n) is 5.25. The highest BCUT2D eigenvalue weighted by atomic mass is 16.4. The second-order valence-corrected chi connectivity index (χ2v) is 3.46. The SMILES string of the molecule is O=C(O)c1cn(CCN(CCO)CCO)nn1. The average Bonchev–Trinajstić information content (AvgIpc) is 2.75. The summed E-state index contributed by atoms with van der Waals surface area (Å²) < 4.78 is 1.42. The van der Waals surface area contributed by atoms with Crippen molar-refractivity contribution >= 4 is 5.97 Å². The van der Waals surface area contributed by atoms with Gasteiger partial charge in [-0.3, -0.25) is 9.58 Å². The summed E-state index contributed by atoms with van der Waals surface area (Å²) in [5.74, 6) is -1.11. The first kappa shape index (κ1) is 13.6. The Morgan fingerprint density at radius 1 is 1.29 bits per heavy atom. The maximum absolute atomic E-state index is 10.6. The van der Waals surface area contributed by atoms with E-state index in [2.05, 4.69) is 10.3 Å². The molecular weight excluding hydrogens is 228 g/mol. The largest absolute Gasteiger partial charge is 0.476 e. The number of aromatic nitrogens is 3. The van der Waals surface area contributed by atoms with Crippen LogP contribution in [0, 0.1) is 0 Å². The van der Waals surface area contributed by atoms with Crippen LogP contribution >= 0.6 is 0 Å². The second kappa shape index (κ2) is 6.94. The molecule has 96 valence electrons. The lowest BCUT2D eigenvalue weighted by Crippen LogP contribution is -2.33. The van der Waals surface area contributed by atoms with Gasteiger partial charge in [-0.25, -0.2) is 4.79 Å². The van der Waals surface area contributed by atoms with E-state index in [1.165, 1.54) is 10.9 Å². The van der Waals surface area contributed by atoms with Crippen LogP contribution < -0.4 is 0 Å². The maximum atomic E-state index is 10.6. The highest BCUT2D eigenvalue weighted by Gasteiger charge is 2.09. The van der Waals surface area contributed by atoms with Crippen molar-refractivity contribution in [3.8, 4) is 0 Å². The van der Waals surface area contributed by atoms with Gasteiger partial charge in [-0.2, -0.15) is 0 Å². The highest BCUT2D eigenvalue weighted by molar-refractivity contribution is 5.84. The highest BCUT2D eigenvalue weighted by Crippen LogP contribution is 1.94. The predicted molar refractivity (Wildman–Crippen MR) is 57.6 cm³/mol. The summed E-state index contributed by atoms with van der Waals surface area (Å²) >= 11 is 0. The van der Waals surface area contributed by atoms with Crippen molar-refractivity contribution in [1.82, 2.24) is 19.9 Å². The molecule has 1 aromatic heterocycles. The van der Waals surface area contributed by atoms with Crippen molar-refractivity contribution in [2.75, 3.05) is 32.8 Å². The Balaban J connectivity index is 2.44. The second-order valence-electron chi connectivity index (χ2n) is 3.46. The molecule has 0 fully saturated rings. The number of carboxylic acids is 1. The molecule has 0 saturated carbocycles. The normalized spacial score (nSPS) is 11.0. The van der Waals surface area contributed by atoms with Gasteiger partial charge in [0.1, 0.15) is 0 Å². The van der Waals surface area contributed by atoms with Gasteiger partial charge in [0.15, 0.2) is 5.69 Å². The summed E-state index contributed by atoms with van der Waals surface area (Å²) in [7, 11) is 0. The van der Waals surface area contributed by atoms with Gasteiger partial charge in [-0.1, -0.05) is 5.21 Å². The monoisotopic (exact) mass is 244 g/mol. The van der Waals surface area contributed by atoms with Crippen molar-refractivity contribution < 1.29 is 20.1 Å². The molecule has 0 amide bonds. The van der Waals surface area contributed by atoms with Gasteiger partial charge in [-0.15, -0.1) is 5.10 Å². The molecule has 1 aromatic rings. The van der Waals surface area contributed by atoms with E-state index in [1.54, 1.807) is 0 Å². The van der Waals surface area contributed by atoms with Crippen molar-refractivity contribution in [3.63, 3.8) is 0 Å². The van der Waals surface area contributed by atoms with Gasteiger partial charge in [0.2, 0.25) is 0 Å². The summed E-state index contributed by atoms with van der Waals surface area (Å²) in [6.07, 6.45) is 1.35. The van der Waals surface area contributed by atoms with Crippen molar-refractivity contribution in [3.05, 3.63) is 11.9 Å². The van der Waals surface area contributed by atoms with E-state index >= 15 is 0 Å². The summed E-state index contributed by atoms with van der Waals surface area (Å²) in [6.45, 7) is 1.96. The molecule has 0 aromatic carbocycles. The Morgan fingerprint density at radius 2 is 1.94 bits per heavy atom. The third-order valence-electron chi connectivity index (χ3n) is 2.24. The van der Waals surface area contributed by atoms with E-state index in [0.29, 0.717) is 26.2 Å². The molecule has 3 N–H and O–H groups in total. The Hall–Kier alpha value is -1.51. The lowest BCUT2D eigenvalue weighted by atomic mass is 10.4. The molecule has 1 heterocycles. The third kappa shape index (κ3) is 4.47. The zero-order chi connectivity index (χ0) is 12.7. The van der Waals surface area contributed by atoms with E-state index in [1.807, 2.05) is 4.90 Å². The van der Waals surface area contributed by atoms with Crippen LogP contribution in [-0.2, 0) is 6.54 Å². The van der Waals surface area contributed by atoms with Crippen LogP contribution in [0.5, 0.6) is 0 Å². The maximum Gasteiger partial charge on any atom is 0.358 e. The molecule has 17 heavy (non-hydrogen) atoms. The Morgan fingerprint density at radius 3 is 2.41 bits per heavy atom. The molecule has 0 spiro atoms. The quantitative estimate of drug-likeness (QED) is 0.497. The van der Waals surface area contributed by atoms with Crippen LogP contribution in [0.25, 0.3) is 0 Å². The smallest absolute Gasteiger partial charge is 0.358 e. The average molecular weight is 244 g/mol. The van der Waals surface area contributed by atoms with Crippen LogP contribution in [0.4, 0.5) is 0 Å². The van der Waals surface area contributed by atoms with Crippen LogP contribution in [-0.4, -0.2) is 74.0 Å². The molecule has 0 unspecified atom stereocenters. The summed E-state index contributed by atoms with van der Waals surface area (Å²) in [5, 5.41) is 33.4. The molecule has 1 rings (SSSR count). The van der Waals surface area contributed by atoms with E-state index in [9.17, 15) is 4.79 Å². The van der Waals surface area contributed by atoms with Crippen LogP contribution in [0.2, 0.25) is 0 Å². The molecule has 8 nitrogen and oxygen atoms in total. The lowest BCUT2D eigenvalue weighted by Gasteiger charge is -2.19. The minimum atomic E-state index is -1.11.